The molecular formula is C18H16N4O2. The molecule has 2 heterocycles. The van der Waals surface area contributed by atoms with E-state index in [-0.39, 0.29) is 12.1 Å². The first-order chi connectivity index (χ1) is 11.8. The molecule has 0 bridgehead atoms. The number of aromatic amines is 1. The van der Waals surface area contributed by atoms with Crippen LogP contribution >= 0.6 is 0 Å². The van der Waals surface area contributed by atoms with Crippen molar-refractivity contribution in [3.63, 3.8) is 0 Å². The lowest BCUT2D eigenvalue weighted by Gasteiger charge is -2.27. The second-order valence-corrected chi connectivity index (χ2v) is 5.53. The second kappa shape index (κ2) is 5.73. The van der Waals surface area contributed by atoms with E-state index in [1.54, 1.807) is 19.4 Å². The predicted molar refractivity (Wildman–Crippen MR) is 90.8 cm³/mol. The van der Waals surface area contributed by atoms with Crippen LogP contribution in [0.4, 0.5) is 5.69 Å². The predicted octanol–water partition coefficient (Wildman–Crippen LogP) is 2.94. The highest BCUT2D eigenvalue weighted by Crippen LogP contribution is 2.31. The largest absolute Gasteiger partial charge is 0.497 e. The molecule has 0 aliphatic carbocycles. The quantitative estimate of drug-likeness (QED) is 0.693. The van der Waals surface area contributed by atoms with Crippen LogP contribution in [0.2, 0.25) is 0 Å². The molecule has 4 rings (SSSR count). The van der Waals surface area contributed by atoms with Crippen LogP contribution < -0.4 is 15.4 Å². The summed E-state index contributed by atoms with van der Waals surface area (Å²) in [4.78, 5) is 12.3. The van der Waals surface area contributed by atoms with Gasteiger partial charge in [-0.05, 0) is 36.4 Å². The third kappa shape index (κ3) is 2.38. The summed E-state index contributed by atoms with van der Waals surface area (Å²) in [6.45, 7) is 0. The van der Waals surface area contributed by atoms with Gasteiger partial charge in [0.05, 0.1) is 24.6 Å². The van der Waals surface area contributed by atoms with E-state index in [9.17, 15) is 4.79 Å². The first-order valence-electron chi connectivity index (χ1n) is 7.60. The van der Waals surface area contributed by atoms with Crippen LogP contribution in [0, 0.1) is 0 Å². The number of amides is 1. The average Bonchev–Trinajstić information content (AvgIpc) is 3.11. The van der Waals surface area contributed by atoms with Crippen molar-refractivity contribution in [2.24, 2.45) is 0 Å². The lowest BCUT2D eigenvalue weighted by molar-refractivity contribution is 0.0936. The highest BCUT2D eigenvalue weighted by molar-refractivity contribution is 6.01. The van der Waals surface area contributed by atoms with E-state index in [1.807, 2.05) is 42.5 Å². The minimum absolute atomic E-state index is 0.101. The van der Waals surface area contributed by atoms with Crippen LogP contribution in [0.25, 0.3) is 11.3 Å². The van der Waals surface area contributed by atoms with Crippen molar-refractivity contribution in [1.29, 1.82) is 0 Å². The lowest BCUT2D eigenvalue weighted by atomic mass is 10.0. The average molecular weight is 320 g/mol. The van der Waals surface area contributed by atoms with Gasteiger partial charge < -0.3 is 15.4 Å². The zero-order chi connectivity index (χ0) is 16.5. The first kappa shape index (κ1) is 14.3. The molecule has 1 aliphatic rings. The summed E-state index contributed by atoms with van der Waals surface area (Å²) in [7, 11) is 1.63. The number of nitrogens with zero attached hydrogens (tertiary/aromatic N) is 1. The standard InChI is InChI=1S/C18H16N4O2/c1-24-12-8-6-11(7-9-12)16-14(10-19-22-16)17-20-15-5-3-2-4-13(15)18(23)21-17/h2-10,17,20H,1H3,(H,19,22)(H,21,23)/t17-/m1/s1. The fraction of sp³-hybridized carbons (Fsp3) is 0.111. The molecule has 6 heteroatoms. The summed E-state index contributed by atoms with van der Waals surface area (Å²) in [5.41, 5.74) is 4.16. The number of H-pyrrole nitrogens is 1. The number of nitrogens with one attached hydrogen (secondary N) is 3. The van der Waals surface area contributed by atoms with Gasteiger partial charge >= 0.3 is 0 Å². The van der Waals surface area contributed by atoms with Gasteiger partial charge in [-0.2, -0.15) is 5.10 Å². The zero-order valence-corrected chi connectivity index (χ0v) is 13.0. The van der Waals surface area contributed by atoms with Gasteiger partial charge in [-0.1, -0.05) is 12.1 Å². The van der Waals surface area contributed by atoms with E-state index in [1.165, 1.54) is 0 Å². The monoisotopic (exact) mass is 320 g/mol. The molecule has 0 saturated carbocycles. The number of anilines is 1. The topological polar surface area (TPSA) is 79.0 Å². The van der Waals surface area contributed by atoms with E-state index < -0.39 is 0 Å². The lowest BCUT2D eigenvalue weighted by Crippen LogP contribution is -2.38. The molecule has 0 saturated heterocycles. The van der Waals surface area contributed by atoms with Crippen molar-refractivity contribution >= 4 is 11.6 Å². The summed E-state index contributed by atoms with van der Waals surface area (Å²) < 4.78 is 5.19. The van der Waals surface area contributed by atoms with E-state index >= 15 is 0 Å². The molecule has 1 aromatic heterocycles. The molecule has 3 N–H and O–H groups in total. The van der Waals surface area contributed by atoms with Crippen molar-refractivity contribution in [2.45, 2.75) is 6.17 Å². The molecule has 0 unspecified atom stereocenters. The van der Waals surface area contributed by atoms with Gasteiger partial charge in [0, 0.05) is 16.8 Å². The van der Waals surface area contributed by atoms with Gasteiger partial charge in [-0.25, -0.2) is 0 Å². The van der Waals surface area contributed by atoms with E-state index in [0.717, 1.165) is 28.3 Å². The fourth-order valence-corrected chi connectivity index (χ4v) is 2.87. The molecule has 3 aromatic rings. The number of fused-ring (bicyclic) bond motifs is 1. The number of hydrogen-bond donors (Lipinski definition) is 3. The SMILES string of the molecule is COc1ccc(-c2[nH]ncc2[C@H]2NC(=O)c3ccccc3N2)cc1. The number of para-hydroxylation sites is 1. The van der Waals surface area contributed by atoms with Crippen LogP contribution in [0.5, 0.6) is 5.75 Å². The highest BCUT2D eigenvalue weighted by atomic mass is 16.5. The van der Waals surface area contributed by atoms with Gasteiger partial charge in [-0.3, -0.25) is 9.89 Å². The molecule has 1 aliphatic heterocycles. The van der Waals surface area contributed by atoms with Crippen LogP contribution in [0.1, 0.15) is 22.1 Å². The second-order valence-electron chi connectivity index (χ2n) is 5.53. The minimum Gasteiger partial charge on any atom is -0.497 e. The minimum atomic E-state index is -0.344. The molecule has 120 valence electrons. The number of rotatable bonds is 3. The normalized spacial score (nSPS) is 16.0. The number of aromatic nitrogens is 2. The molecule has 1 atom stereocenters. The van der Waals surface area contributed by atoms with Gasteiger partial charge in [-0.15, -0.1) is 0 Å². The smallest absolute Gasteiger partial charge is 0.255 e. The van der Waals surface area contributed by atoms with E-state index in [0.29, 0.717) is 5.56 Å². The summed E-state index contributed by atoms with van der Waals surface area (Å²) >= 11 is 0. The van der Waals surface area contributed by atoms with Crippen molar-refractivity contribution in [1.82, 2.24) is 15.5 Å². The van der Waals surface area contributed by atoms with Crippen molar-refractivity contribution < 1.29 is 9.53 Å². The van der Waals surface area contributed by atoms with E-state index in [2.05, 4.69) is 20.8 Å². The Balaban J connectivity index is 1.69. The Morgan fingerprint density at radius 1 is 1.04 bits per heavy atom. The van der Waals surface area contributed by atoms with Crippen LogP contribution in [-0.2, 0) is 0 Å². The van der Waals surface area contributed by atoms with Crippen LogP contribution in [0.15, 0.2) is 54.7 Å². The fourth-order valence-electron chi connectivity index (χ4n) is 2.87. The van der Waals surface area contributed by atoms with Gasteiger partial charge in [0.25, 0.3) is 5.91 Å². The maximum absolute atomic E-state index is 12.3. The number of ether oxygens (including phenoxy) is 1. The highest BCUT2D eigenvalue weighted by Gasteiger charge is 2.27. The number of hydrogen-bond acceptors (Lipinski definition) is 4. The van der Waals surface area contributed by atoms with Crippen LogP contribution in [0.3, 0.4) is 0 Å². The number of carbonyl (C=O) groups is 1. The van der Waals surface area contributed by atoms with Crippen molar-refractivity contribution in [2.75, 3.05) is 12.4 Å². The Morgan fingerprint density at radius 2 is 1.83 bits per heavy atom. The number of methoxy groups -OCH3 is 1. The first-order valence-corrected chi connectivity index (χ1v) is 7.60. The summed E-state index contributed by atoms with van der Waals surface area (Å²) in [6, 6.07) is 15.1. The Kier molecular flexibility index (Phi) is 3.42. The maximum atomic E-state index is 12.3. The Morgan fingerprint density at radius 3 is 2.62 bits per heavy atom. The van der Waals surface area contributed by atoms with Crippen molar-refractivity contribution in [3.8, 4) is 17.0 Å². The molecule has 0 fully saturated rings. The Bertz CT molecular complexity index is 886. The summed E-state index contributed by atoms with van der Waals surface area (Å²) in [5, 5.41) is 13.5. The molecule has 24 heavy (non-hydrogen) atoms. The zero-order valence-electron chi connectivity index (χ0n) is 13.0. The molecule has 0 radical (unpaired) electrons. The Labute approximate surface area is 138 Å². The summed E-state index contributed by atoms with van der Waals surface area (Å²) in [5.74, 6) is 0.689. The van der Waals surface area contributed by atoms with Gasteiger partial charge in [0.2, 0.25) is 0 Å². The number of benzene rings is 2. The summed E-state index contributed by atoms with van der Waals surface area (Å²) in [6.07, 6.45) is 1.38. The van der Waals surface area contributed by atoms with Crippen molar-refractivity contribution in [3.05, 3.63) is 65.9 Å². The Hall–Kier alpha value is -3.28. The van der Waals surface area contributed by atoms with E-state index in [4.69, 9.17) is 4.74 Å². The van der Waals surface area contributed by atoms with Gasteiger partial charge in [0.15, 0.2) is 0 Å². The molecule has 6 nitrogen and oxygen atoms in total. The van der Waals surface area contributed by atoms with Gasteiger partial charge in [0.1, 0.15) is 11.9 Å². The molecule has 0 spiro atoms. The van der Waals surface area contributed by atoms with Crippen LogP contribution in [-0.4, -0.2) is 23.2 Å². The molecule has 1 amide bonds. The third-order valence-electron chi connectivity index (χ3n) is 4.11. The third-order valence-corrected chi connectivity index (χ3v) is 4.11. The molecular weight excluding hydrogens is 304 g/mol. The maximum Gasteiger partial charge on any atom is 0.255 e. The number of carbonyl (C=O) groups excluding carboxylic acids is 1. The molecule has 2 aromatic carbocycles.